The number of alkyl halides is 2. The average Bonchev–Trinajstić information content (AvgIpc) is 3.22. The SMILES string of the molecule is CC(CN)(NC(=O)c1cccc(OC(F)F)c1)C1CC1. The topological polar surface area (TPSA) is 64.3 Å². The highest BCUT2D eigenvalue weighted by atomic mass is 19.3. The Morgan fingerprint density at radius 3 is 2.80 bits per heavy atom. The van der Waals surface area contributed by atoms with Crippen molar-refractivity contribution < 1.29 is 18.3 Å². The van der Waals surface area contributed by atoms with Crippen molar-refractivity contribution in [1.29, 1.82) is 0 Å². The van der Waals surface area contributed by atoms with Crippen molar-refractivity contribution >= 4 is 5.91 Å². The van der Waals surface area contributed by atoms with Gasteiger partial charge in [-0.1, -0.05) is 6.07 Å². The molecule has 20 heavy (non-hydrogen) atoms. The summed E-state index contributed by atoms with van der Waals surface area (Å²) in [6, 6.07) is 5.73. The van der Waals surface area contributed by atoms with Gasteiger partial charge in [-0.3, -0.25) is 4.79 Å². The number of hydrogen-bond acceptors (Lipinski definition) is 3. The number of rotatable bonds is 6. The number of hydrogen-bond donors (Lipinski definition) is 2. The Kier molecular flexibility index (Phi) is 4.23. The van der Waals surface area contributed by atoms with Crippen LogP contribution in [-0.4, -0.2) is 24.6 Å². The summed E-state index contributed by atoms with van der Waals surface area (Å²) in [6.45, 7) is -0.660. The number of ether oxygens (including phenoxy) is 1. The van der Waals surface area contributed by atoms with Crippen LogP contribution < -0.4 is 15.8 Å². The molecule has 1 aromatic carbocycles. The van der Waals surface area contributed by atoms with Crippen LogP contribution in [0, 0.1) is 5.92 Å². The quantitative estimate of drug-likeness (QED) is 0.841. The first kappa shape index (κ1) is 14.7. The van der Waals surface area contributed by atoms with Gasteiger partial charge in [-0.25, -0.2) is 0 Å². The van der Waals surface area contributed by atoms with E-state index in [9.17, 15) is 13.6 Å². The van der Waals surface area contributed by atoms with E-state index in [1.807, 2.05) is 6.92 Å². The lowest BCUT2D eigenvalue weighted by Gasteiger charge is -2.29. The van der Waals surface area contributed by atoms with Crippen LogP contribution in [0.1, 0.15) is 30.1 Å². The van der Waals surface area contributed by atoms with E-state index in [-0.39, 0.29) is 17.2 Å². The normalized spacial score (nSPS) is 17.6. The van der Waals surface area contributed by atoms with Gasteiger partial charge in [0.2, 0.25) is 0 Å². The van der Waals surface area contributed by atoms with Crippen LogP contribution in [0.4, 0.5) is 8.78 Å². The second-order valence-electron chi connectivity index (χ2n) is 5.26. The Balaban J connectivity index is 2.08. The number of nitrogens with two attached hydrogens (primary N) is 1. The van der Waals surface area contributed by atoms with Gasteiger partial charge >= 0.3 is 6.61 Å². The number of carbonyl (C=O) groups is 1. The molecule has 0 aliphatic heterocycles. The Hall–Kier alpha value is -1.69. The molecule has 4 nitrogen and oxygen atoms in total. The number of nitrogens with one attached hydrogen (secondary N) is 1. The second-order valence-corrected chi connectivity index (χ2v) is 5.26. The highest BCUT2D eigenvalue weighted by molar-refractivity contribution is 5.95. The van der Waals surface area contributed by atoms with Crippen LogP contribution in [0.5, 0.6) is 5.75 Å². The van der Waals surface area contributed by atoms with Crippen molar-refractivity contribution in [3.63, 3.8) is 0 Å². The van der Waals surface area contributed by atoms with Gasteiger partial charge < -0.3 is 15.8 Å². The van der Waals surface area contributed by atoms with Crippen LogP contribution in [0.3, 0.4) is 0 Å². The molecular weight excluding hydrogens is 266 g/mol. The van der Waals surface area contributed by atoms with E-state index >= 15 is 0 Å². The lowest BCUT2D eigenvalue weighted by molar-refractivity contribution is -0.0498. The van der Waals surface area contributed by atoms with E-state index < -0.39 is 12.2 Å². The number of amides is 1. The molecule has 0 radical (unpaired) electrons. The van der Waals surface area contributed by atoms with Gasteiger partial charge in [0.15, 0.2) is 0 Å². The van der Waals surface area contributed by atoms with Crippen LogP contribution in [0.15, 0.2) is 24.3 Å². The molecule has 1 aliphatic rings. The van der Waals surface area contributed by atoms with Crippen molar-refractivity contribution in [3.05, 3.63) is 29.8 Å². The first-order chi connectivity index (χ1) is 9.44. The minimum atomic E-state index is -2.91. The van der Waals surface area contributed by atoms with Crippen molar-refractivity contribution in [2.45, 2.75) is 31.9 Å². The third kappa shape index (κ3) is 3.45. The lowest BCUT2D eigenvalue weighted by atomic mass is 9.95. The number of halogens is 2. The lowest BCUT2D eigenvalue weighted by Crippen LogP contribution is -2.53. The molecule has 110 valence electrons. The minimum Gasteiger partial charge on any atom is -0.435 e. The van der Waals surface area contributed by atoms with Gasteiger partial charge in [0.1, 0.15) is 5.75 Å². The van der Waals surface area contributed by atoms with Crippen molar-refractivity contribution in [3.8, 4) is 5.75 Å². The van der Waals surface area contributed by atoms with Gasteiger partial charge in [0.05, 0.1) is 5.54 Å². The molecule has 0 bridgehead atoms. The highest BCUT2D eigenvalue weighted by Crippen LogP contribution is 2.39. The summed E-state index contributed by atoms with van der Waals surface area (Å²) < 4.78 is 28.6. The summed E-state index contributed by atoms with van der Waals surface area (Å²) in [5.74, 6) is 0.0232. The van der Waals surface area contributed by atoms with Gasteiger partial charge in [0, 0.05) is 12.1 Å². The highest BCUT2D eigenvalue weighted by Gasteiger charge is 2.41. The molecule has 1 aromatic rings. The minimum absolute atomic E-state index is 0.0338. The molecule has 0 heterocycles. The standard InChI is InChI=1S/C14H18F2N2O2/c1-14(8-17,10-5-6-10)18-12(19)9-3-2-4-11(7-9)20-13(15)16/h2-4,7,10,13H,5-6,8,17H2,1H3,(H,18,19). The fourth-order valence-electron chi connectivity index (χ4n) is 2.19. The fourth-order valence-corrected chi connectivity index (χ4v) is 2.19. The number of benzene rings is 1. The first-order valence-corrected chi connectivity index (χ1v) is 6.52. The molecule has 1 atom stereocenters. The zero-order valence-electron chi connectivity index (χ0n) is 11.2. The predicted octanol–water partition coefficient (Wildman–Crippen LogP) is 2.15. The Morgan fingerprint density at radius 1 is 1.55 bits per heavy atom. The van der Waals surface area contributed by atoms with Gasteiger partial charge in [0.25, 0.3) is 5.91 Å². The van der Waals surface area contributed by atoms with Gasteiger partial charge in [-0.05, 0) is 43.9 Å². The summed E-state index contributed by atoms with van der Waals surface area (Å²) in [6.07, 6.45) is 2.09. The Labute approximate surface area is 116 Å². The Bertz CT molecular complexity index is 492. The summed E-state index contributed by atoms with van der Waals surface area (Å²) >= 11 is 0. The predicted molar refractivity (Wildman–Crippen MR) is 70.7 cm³/mol. The third-order valence-electron chi connectivity index (χ3n) is 3.62. The Morgan fingerprint density at radius 2 is 2.25 bits per heavy atom. The zero-order chi connectivity index (χ0) is 14.8. The third-order valence-corrected chi connectivity index (χ3v) is 3.62. The van der Waals surface area contributed by atoms with Crippen molar-refractivity contribution in [2.75, 3.05) is 6.54 Å². The van der Waals surface area contributed by atoms with Crippen LogP contribution >= 0.6 is 0 Å². The van der Waals surface area contributed by atoms with E-state index in [2.05, 4.69) is 10.1 Å². The van der Waals surface area contributed by atoms with E-state index in [4.69, 9.17) is 5.73 Å². The largest absolute Gasteiger partial charge is 0.435 e. The van der Waals surface area contributed by atoms with Gasteiger partial charge in [-0.2, -0.15) is 8.78 Å². The van der Waals surface area contributed by atoms with Crippen molar-refractivity contribution in [2.24, 2.45) is 11.7 Å². The zero-order valence-corrected chi connectivity index (χ0v) is 11.2. The summed E-state index contributed by atoms with van der Waals surface area (Å²) in [7, 11) is 0. The molecule has 1 saturated carbocycles. The van der Waals surface area contributed by atoms with E-state index in [1.54, 1.807) is 6.07 Å². The molecular formula is C14H18F2N2O2. The summed E-state index contributed by atoms with van der Waals surface area (Å²) in [5.41, 5.74) is 5.56. The van der Waals surface area contributed by atoms with E-state index in [0.29, 0.717) is 12.5 Å². The molecule has 2 rings (SSSR count). The monoisotopic (exact) mass is 284 g/mol. The fraction of sp³-hybridized carbons (Fsp3) is 0.500. The maximum atomic E-state index is 12.2. The van der Waals surface area contributed by atoms with Crippen LogP contribution in [0.25, 0.3) is 0 Å². The van der Waals surface area contributed by atoms with E-state index in [1.165, 1.54) is 18.2 Å². The molecule has 1 amide bonds. The molecule has 1 aliphatic carbocycles. The van der Waals surface area contributed by atoms with E-state index in [0.717, 1.165) is 12.8 Å². The smallest absolute Gasteiger partial charge is 0.387 e. The average molecular weight is 284 g/mol. The molecule has 1 unspecified atom stereocenters. The summed E-state index contributed by atoms with van der Waals surface area (Å²) in [5, 5.41) is 2.89. The van der Waals surface area contributed by atoms with Crippen LogP contribution in [-0.2, 0) is 0 Å². The molecule has 3 N–H and O–H groups in total. The van der Waals surface area contributed by atoms with Crippen LogP contribution in [0.2, 0.25) is 0 Å². The maximum absolute atomic E-state index is 12.2. The molecule has 1 fully saturated rings. The summed E-state index contributed by atoms with van der Waals surface area (Å²) in [4.78, 5) is 12.2. The van der Waals surface area contributed by atoms with Gasteiger partial charge in [-0.15, -0.1) is 0 Å². The number of carbonyl (C=O) groups excluding carboxylic acids is 1. The molecule has 0 spiro atoms. The molecule has 6 heteroatoms. The molecule has 0 saturated heterocycles. The molecule has 0 aromatic heterocycles. The maximum Gasteiger partial charge on any atom is 0.387 e. The second kappa shape index (κ2) is 5.75. The van der Waals surface area contributed by atoms with Crippen molar-refractivity contribution in [1.82, 2.24) is 5.32 Å². The first-order valence-electron chi connectivity index (χ1n) is 6.52.